The SMILES string of the molecule is O=C(CN1C(=O)CCCc2ccccc21)NCCN1CCCCCC1. The van der Waals surface area contributed by atoms with E-state index in [1.165, 1.54) is 25.7 Å². The second kappa shape index (κ2) is 8.99. The first kappa shape index (κ1) is 17.9. The Bertz CT molecular complexity index is 594. The molecule has 1 saturated heterocycles. The van der Waals surface area contributed by atoms with Crippen molar-refractivity contribution in [1.29, 1.82) is 0 Å². The van der Waals surface area contributed by atoms with Crippen molar-refractivity contribution in [3.05, 3.63) is 29.8 Å². The van der Waals surface area contributed by atoms with Gasteiger partial charge in [-0.1, -0.05) is 31.0 Å². The van der Waals surface area contributed by atoms with Gasteiger partial charge in [0.25, 0.3) is 0 Å². The van der Waals surface area contributed by atoms with Crippen LogP contribution in [0.5, 0.6) is 0 Å². The van der Waals surface area contributed by atoms with Gasteiger partial charge in [-0.05, 0) is 50.4 Å². The van der Waals surface area contributed by atoms with Crippen molar-refractivity contribution in [3.8, 4) is 0 Å². The highest BCUT2D eigenvalue weighted by Gasteiger charge is 2.23. The van der Waals surface area contributed by atoms with Gasteiger partial charge in [-0.2, -0.15) is 0 Å². The molecular formula is C20H29N3O2. The molecule has 1 aromatic rings. The summed E-state index contributed by atoms with van der Waals surface area (Å²) in [4.78, 5) is 28.9. The largest absolute Gasteiger partial charge is 0.353 e. The summed E-state index contributed by atoms with van der Waals surface area (Å²) in [6, 6.07) is 7.93. The van der Waals surface area contributed by atoms with Crippen molar-refractivity contribution < 1.29 is 9.59 Å². The Balaban J connectivity index is 1.52. The quantitative estimate of drug-likeness (QED) is 0.893. The first-order valence-corrected chi connectivity index (χ1v) is 9.61. The number of nitrogens with zero attached hydrogens (tertiary/aromatic N) is 2. The summed E-state index contributed by atoms with van der Waals surface area (Å²) < 4.78 is 0. The van der Waals surface area contributed by atoms with Gasteiger partial charge in [0.05, 0.1) is 0 Å². The predicted molar refractivity (Wildman–Crippen MR) is 99.7 cm³/mol. The van der Waals surface area contributed by atoms with Gasteiger partial charge in [-0.15, -0.1) is 0 Å². The topological polar surface area (TPSA) is 52.7 Å². The van der Waals surface area contributed by atoms with Crippen LogP contribution in [-0.4, -0.2) is 49.4 Å². The molecule has 25 heavy (non-hydrogen) atoms. The second-order valence-electron chi connectivity index (χ2n) is 7.07. The molecule has 1 aromatic carbocycles. The average molecular weight is 343 g/mol. The molecule has 0 unspecified atom stereocenters. The number of amides is 2. The lowest BCUT2D eigenvalue weighted by Crippen LogP contribution is -2.43. The molecule has 3 rings (SSSR count). The number of benzene rings is 1. The van der Waals surface area contributed by atoms with E-state index in [9.17, 15) is 9.59 Å². The number of hydrogen-bond acceptors (Lipinski definition) is 3. The van der Waals surface area contributed by atoms with Crippen LogP contribution in [0.3, 0.4) is 0 Å². The van der Waals surface area contributed by atoms with Crippen LogP contribution in [0.25, 0.3) is 0 Å². The zero-order chi connectivity index (χ0) is 17.5. The number of carbonyl (C=O) groups excluding carboxylic acids is 2. The minimum atomic E-state index is -0.0696. The molecule has 0 bridgehead atoms. The molecule has 2 aliphatic heterocycles. The highest BCUT2D eigenvalue weighted by Crippen LogP contribution is 2.26. The smallest absolute Gasteiger partial charge is 0.240 e. The van der Waals surface area contributed by atoms with Crippen molar-refractivity contribution in [2.75, 3.05) is 37.6 Å². The monoisotopic (exact) mass is 343 g/mol. The Morgan fingerprint density at radius 3 is 2.56 bits per heavy atom. The highest BCUT2D eigenvalue weighted by molar-refractivity contribution is 5.99. The van der Waals surface area contributed by atoms with Crippen LogP contribution in [0.4, 0.5) is 5.69 Å². The van der Waals surface area contributed by atoms with E-state index < -0.39 is 0 Å². The summed E-state index contributed by atoms with van der Waals surface area (Å²) in [6.45, 7) is 3.94. The van der Waals surface area contributed by atoms with E-state index >= 15 is 0 Å². The molecule has 5 heteroatoms. The van der Waals surface area contributed by atoms with E-state index in [4.69, 9.17) is 0 Å². The van der Waals surface area contributed by atoms with Crippen LogP contribution in [0.2, 0.25) is 0 Å². The van der Waals surface area contributed by atoms with Crippen LogP contribution in [0, 0.1) is 0 Å². The maximum absolute atomic E-state index is 12.4. The number of likely N-dealkylation sites (tertiary alicyclic amines) is 1. The zero-order valence-corrected chi connectivity index (χ0v) is 15.0. The number of rotatable bonds is 5. The lowest BCUT2D eigenvalue weighted by molar-refractivity contribution is -0.123. The fraction of sp³-hybridized carbons (Fsp3) is 0.600. The molecule has 2 aliphatic rings. The number of carbonyl (C=O) groups is 2. The fourth-order valence-electron chi connectivity index (χ4n) is 3.77. The summed E-state index contributed by atoms with van der Waals surface area (Å²) in [5.41, 5.74) is 2.05. The summed E-state index contributed by atoms with van der Waals surface area (Å²) >= 11 is 0. The Hall–Kier alpha value is -1.88. The number of para-hydroxylation sites is 1. The summed E-state index contributed by atoms with van der Waals surface area (Å²) in [5.74, 6) is -0.0208. The van der Waals surface area contributed by atoms with Crippen molar-refractivity contribution in [2.24, 2.45) is 0 Å². The van der Waals surface area contributed by atoms with Crippen LogP contribution < -0.4 is 10.2 Å². The molecular weight excluding hydrogens is 314 g/mol. The molecule has 0 aliphatic carbocycles. The Morgan fingerprint density at radius 1 is 1.00 bits per heavy atom. The van der Waals surface area contributed by atoms with E-state index in [0.717, 1.165) is 43.7 Å². The summed E-state index contributed by atoms with van der Waals surface area (Å²) in [6.07, 6.45) is 7.41. The minimum absolute atomic E-state index is 0.0487. The van der Waals surface area contributed by atoms with E-state index in [-0.39, 0.29) is 18.4 Å². The molecule has 2 amide bonds. The lowest BCUT2D eigenvalue weighted by atomic mass is 10.1. The van der Waals surface area contributed by atoms with Crippen LogP contribution in [-0.2, 0) is 16.0 Å². The molecule has 5 nitrogen and oxygen atoms in total. The molecule has 136 valence electrons. The van der Waals surface area contributed by atoms with E-state index in [1.807, 2.05) is 18.2 Å². The molecule has 0 saturated carbocycles. The zero-order valence-electron chi connectivity index (χ0n) is 15.0. The van der Waals surface area contributed by atoms with Gasteiger partial charge in [-0.25, -0.2) is 0 Å². The van der Waals surface area contributed by atoms with Crippen molar-refractivity contribution in [2.45, 2.75) is 44.9 Å². The first-order valence-electron chi connectivity index (χ1n) is 9.61. The maximum Gasteiger partial charge on any atom is 0.240 e. The van der Waals surface area contributed by atoms with Gasteiger partial charge in [-0.3, -0.25) is 9.59 Å². The standard InChI is InChI=1S/C20H29N3O2/c24-19(21-12-15-22-13-5-1-2-6-14-22)16-23-18-10-4-3-8-17(18)9-7-11-20(23)25/h3-4,8,10H,1-2,5-7,9,11-16H2,(H,21,24). The molecule has 0 atom stereocenters. The summed E-state index contributed by atoms with van der Waals surface area (Å²) in [7, 11) is 0. The first-order chi connectivity index (χ1) is 12.2. The number of anilines is 1. The molecule has 0 aromatic heterocycles. The van der Waals surface area contributed by atoms with Gasteiger partial charge < -0.3 is 15.1 Å². The molecule has 0 radical (unpaired) electrons. The van der Waals surface area contributed by atoms with Gasteiger partial charge in [0.15, 0.2) is 0 Å². The van der Waals surface area contributed by atoms with Crippen molar-refractivity contribution in [3.63, 3.8) is 0 Å². The number of nitrogens with one attached hydrogen (secondary N) is 1. The van der Waals surface area contributed by atoms with E-state index in [2.05, 4.69) is 16.3 Å². The number of fused-ring (bicyclic) bond motifs is 1. The Labute approximate surface area is 150 Å². The number of aryl methyl sites for hydroxylation is 1. The Kier molecular flexibility index (Phi) is 6.45. The van der Waals surface area contributed by atoms with Crippen LogP contribution >= 0.6 is 0 Å². The van der Waals surface area contributed by atoms with E-state index in [1.54, 1.807) is 4.90 Å². The summed E-state index contributed by atoms with van der Waals surface area (Å²) in [5, 5.41) is 2.99. The predicted octanol–water partition coefficient (Wildman–Crippen LogP) is 2.35. The normalized spacial score (nSPS) is 19.0. The molecule has 2 heterocycles. The third-order valence-electron chi connectivity index (χ3n) is 5.17. The third-order valence-corrected chi connectivity index (χ3v) is 5.17. The highest BCUT2D eigenvalue weighted by atomic mass is 16.2. The molecule has 0 spiro atoms. The van der Waals surface area contributed by atoms with Crippen molar-refractivity contribution in [1.82, 2.24) is 10.2 Å². The fourth-order valence-corrected chi connectivity index (χ4v) is 3.77. The minimum Gasteiger partial charge on any atom is -0.353 e. The molecule has 1 N–H and O–H groups in total. The second-order valence-corrected chi connectivity index (χ2v) is 7.07. The molecule has 1 fully saturated rings. The van der Waals surface area contributed by atoms with Gasteiger partial charge in [0.1, 0.15) is 6.54 Å². The van der Waals surface area contributed by atoms with Gasteiger partial charge in [0, 0.05) is 25.2 Å². The van der Waals surface area contributed by atoms with Crippen molar-refractivity contribution >= 4 is 17.5 Å². The Morgan fingerprint density at radius 2 is 1.76 bits per heavy atom. The third kappa shape index (κ3) is 5.05. The number of hydrogen-bond donors (Lipinski definition) is 1. The average Bonchev–Trinajstić information content (AvgIpc) is 2.96. The lowest BCUT2D eigenvalue weighted by Gasteiger charge is -2.23. The van der Waals surface area contributed by atoms with E-state index in [0.29, 0.717) is 13.0 Å². The van der Waals surface area contributed by atoms with Gasteiger partial charge >= 0.3 is 0 Å². The maximum atomic E-state index is 12.4. The van der Waals surface area contributed by atoms with Gasteiger partial charge in [0.2, 0.25) is 11.8 Å². The van der Waals surface area contributed by atoms with Crippen LogP contribution in [0.15, 0.2) is 24.3 Å². The van der Waals surface area contributed by atoms with Crippen LogP contribution in [0.1, 0.15) is 44.1 Å².